The van der Waals surface area contributed by atoms with E-state index in [4.69, 9.17) is 10.5 Å². The van der Waals surface area contributed by atoms with Crippen LogP contribution < -0.4 is 11.3 Å². The first-order valence-corrected chi connectivity index (χ1v) is 11.2. The molecule has 1 aromatic carbocycles. The molecule has 0 aliphatic heterocycles. The van der Waals surface area contributed by atoms with Crippen molar-refractivity contribution in [3.8, 4) is 0 Å². The number of carbonyl (C=O) groups is 1. The van der Waals surface area contributed by atoms with Gasteiger partial charge in [-0.2, -0.15) is 0 Å². The van der Waals surface area contributed by atoms with E-state index in [-0.39, 0.29) is 34.2 Å². The summed E-state index contributed by atoms with van der Waals surface area (Å²) in [4.78, 5) is 30.6. The molecule has 29 heavy (non-hydrogen) atoms. The molecule has 9 heteroatoms. The van der Waals surface area contributed by atoms with Gasteiger partial charge in [-0.15, -0.1) is 0 Å². The first kappa shape index (κ1) is 19.7. The molecule has 0 saturated heterocycles. The number of pyridine rings is 1. The van der Waals surface area contributed by atoms with Gasteiger partial charge in [0, 0.05) is 28.5 Å². The minimum atomic E-state index is -3.57. The van der Waals surface area contributed by atoms with E-state index in [1.807, 2.05) is 6.92 Å². The van der Waals surface area contributed by atoms with Crippen LogP contribution in [0.3, 0.4) is 0 Å². The largest absolute Gasteiger partial charge is 0.462 e. The lowest BCUT2D eigenvalue weighted by Gasteiger charge is -2.13. The van der Waals surface area contributed by atoms with Crippen LogP contribution in [-0.4, -0.2) is 42.3 Å². The van der Waals surface area contributed by atoms with Crippen LogP contribution in [-0.2, 0) is 14.6 Å². The molecule has 1 saturated carbocycles. The number of ether oxygens (including phenoxy) is 1. The summed E-state index contributed by atoms with van der Waals surface area (Å²) in [6.45, 7) is 2.14. The number of aromatic nitrogens is 2. The molecule has 0 spiro atoms. The molecule has 4 rings (SSSR count). The van der Waals surface area contributed by atoms with Crippen molar-refractivity contribution in [3.63, 3.8) is 0 Å². The average Bonchev–Trinajstić information content (AvgIpc) is 3.33. The Kier molecular flexibility index (Phi) is 4.95. The molecule has 4 N–H and O–H groups in total. The lowest BCUT2D eigenvalue weighted by atomic mass is 10.1. The third kappa shape index (κ3) is 3.34. The third-order valence-corrected chi connectivity index (χ3v) is 7.68. The standard InChI is InChI=1S/C20H23N3O5S/c1-2-7-28-20(25)15-10-22-18-17(15)14-9-13(5-6-16(14)23-19(18)24)29(26,27)12-4-3-11(21)8-12/h5-6,9-12,22H,2-4,7-8,21H2,1H3,(H,23,24). The monoisotopic (exact) mass is 417 g/mol. The number of fused-ring (bicyclic) bond motifs is 3. The Labute approximate surface area is 167 Å². The van der Waals surface area contributed by atoms with E-state index >= 15 is 0 Å². The molecule has 1 aliphatic carbocycles. The SMILES string of the molecule is CCCOC(=O)c1c[nH]c2c(=O)[nH]c3ccc(S(=O)(=O)C4CCC(N)C4)cc3c12. The molecule has 8 nitrogen and oxygen atoms in total. The molecule has 2 heterocycles. The number of rotatable bonds is 5. The van der Waals surface area contributed by atoms with Gasteiger partial charge in [-0.25, -0.2) is 13.2 Å². The molecule has 0 radical (unpaired) electrons. The van der Waals surface area contributed by atoms with E-state index in [0.29, 0.717) is 42.0 Å². The Morgan fingerprint density at radius 2 is 2.10 bits per heavy atom. The molecule has 0 bridgehead atoms. The van der Waals surface area contributed by atoms with Crippen LogP contribution in [0.5, 0.6) is 0 Å². The quantitative estimate of drug-likeness (QED) is 0.545. The van der Waals surface area contributed by atoms with Crippen molar-refractivity contribution in [1.82, 2.24) is 9.97 Å². The summed E-state index contributed by atoms with van der Waals surface area (Å²) in [5.74, 6) is -0.556. The average molecular weight is 417 g/mol. The van der Waals surface area contributed by atoms with Crippen molar-refractivity contribution in [3.05, 3.63) is 40.3 Å². The number of benzene rings is 1. The first-order chi connectivity index (χ1) is 13.8. The van der Waals surface area contributed by atoms with Crippen LogP contribution in [0.4, 0.5) is 0 Å². The van der Waals surface area contributed by atoms with Crippen LogP contribution >= 0.6 is 0 Å². The van der Waals surface area contributed by atoms with Gasteiger partial charge in [-0.05, 0) is 43.9 Å². The van der Waals surface area contributed by atoms with Crippen LogP contribution in [0.1, 0.15) is 43.0 Å². The van der Waals surface area contributed by atoms with E-state index in [1.165, 1.54) is 18.3 Å². The van der Waals surface area contributed by atoms with Gasteiger partial charge in [0.2, 0.25) is 0 Å². The third-order valence-electron chi connectivity index (χ3n) is 5.47. The molecule has 2 aromatic heterocycles. The number of nitrogens with two attached hydrogens (primary N) is 1. The number of hydrogen-bond acceptors (Lipinski definition) is 6. The van der Waals surface area contributed by atoms with Crippen molar-refractivity contribution in [2.75, 3.05) is 6.61 Å². The second kappa shape index (κ2) is 7.31. The highest BCUT2D eigenvalue weighted by Gasteiger charge is 2.34. The maximum atomic E-state index is 13.1. The highest BCUT2D eigenvalue weighted by atomic mass is 32.2. The van der Waals surface area contributed by atoms with Crippen molar-refractivity contribution < 1.29 is 17.9 Å². The summed E-state index contributed by atoms with van der Waals surface area (Å²) in [5, 5.41) is 0.325. The first-order valence-electron chi connectivity index (χ1n) is 9.66. The van der Waals surface area contributed by atoms with Crippen LogP contribution in [0.15, 0.2) is 34.1 Å². The zero-order valence-corrected chi connectivity index (χ0v) is 16.8. The molecule has 0 amide bonds. The van der Waals surface area contributed by atoms with Crippen LogP contribution in [0.25, 0.3) is 21.8 Å². The maximum Gasteiger partial charge on any atom is 0.340 e. The highest BCUT2D eigenvalue weighted by molar-refractivity contribution is 7.92. The predicted octanol–water partition coefficient (Wildman–Crippen LogP) is 2.23. The van der Waals surface area contributed by atoms with Crippen molar-refractivity contribution in [2.45, 2.75) is 48.8 Å². The number of aromatic amines is 2. The summed E-state index contributed by atoms with van der Waals surface area (Å²) < 4.78 is 31.4. The number of H-pyrrole nitrogens is 2. The van der Waals surface area contributed by atoms with Crippen molar-refractivity contribution in [1.29, 1.82) is 0 Å². The van der Waals surface area contributed by atoms with Gasteiger partial charge in [0.25, 0.3) is 5.56 Å². The second-order valence-electron chi connectivity index (χ2n) is 7.49. The maximum absolute atomic E-state index is 13.1. The summed E-state index contributed by atoms with van der Waals surface area (Å²) >= 11 is 0. The number of carbonyl (C=O) groups excluding carboxylic acids is 1. The molecule has 2 unspecified atom stereocenters. The molecule has 1 fully saturated rings. The number of esters is 1. The van der Waals surface area contributed by atoms with Gasteiger partial charge in [-0.3, -0.25) is 4.79 Å². The van der Waals surface area contributed by atoms with Crippen molar-refractivity contribution >= 4 is 37.6 Å². The summed E-state index contributed by atoms with van der Waals surface area (Å²) in [6, 6.07) is 4.47. The molecular formula is C20H23N3O5S. The Bertz CT molecular complexity index is 1260. The summed E-state index contributed by atoms with van der Waals surface area (Å²) in [7, 11) is -3.57. The Balaban J connectivity index is 1.90. The summed E-state index contributed by atoms with van der Waals surface area (Å²) in [6.07, 6.45) is 3.73. The van der Waals surface area contributed by atoms with E-state index in [0.717, 1.165) is 0 Å². The molecule has 1 aliphatic rings. The van der Waals surface area contributed by atoms with E-state index < -0.39 is 21.1 Å². The molecule has 2 atom stereocenters. The van der Waals surface area contributed by atoms with Gasteiger partial charge < -0.3 is 20.4 Å². The van der Waals surface area contributed by atoms with Crippen molar-refractivity contribution in [2.24, 2.45) is 5.73 Å². The molecular weight excluding hydrogens is 394 g/mol. The topological polar surface area (TPSA) is 135 Å². The predicted molar refractivity (Wildman–Crippen MR) is 110 cm³/mol. The Hall–Kier alpha value is -2.65. The fourth-order valence-electron chi connectivity index (χ4n) is 3.96. The van der Waals surface area contributed by atoms with E-state index in [2.05, 4.69) is 9.97 Å². The van der Waals surface area contributed by atoms with Crippen LogP contribution in [0, 0.1) is 0 Å². The van der Waals surface area contributed by atoms with Crippen LogP contribution in [0.2, 0.25) is 0 Å². The zero-order chi connectivity index (χ0) is 20.8. The van der Waals surface area contributed by atoms with Gasteiger partial charge in [0.1, 0.15) is 5.52 Å². The highest BCUT2D eigenvalue weighted by Crippen LogP contribution is 2.32. The smallest absolute Gasteiger partial charge is 0.340 e. The van der Waals surface area contributed by atoms with Gasteiger partial charge in [-0.1, -0.05) is 6.92 Å². The minimum absolute atomic E-state index is 0.108. The van der Waals surface area contributed by atoms with Gasteiger partial charge in [0.05, 0.1) is 22.3 Å². The number of nitrogens with one attached hydrogen (secondary N) is 2. The van der Waals surface area contributed by atoms with E-state index in [9.17, 15) is 18.0 Å². The fraction of sp³-hybridized carbons (Fsp3) is 0.400. The lowest BCUT2D eigenvalue weighted by molar-refractivity contribution is 0.0507. The minimum Gasteiger partial charge on any atom is -0.462 e. The Morgan fingerprint density at radius 1 is 1.31 bits per heavy atom. The number of sulfone groups is 1. The molecule has 3 aromatic rings. The van der Waals surface area contributed by atoms with Gasteiger partial charge in [0.15, 0.2) is 9.84 Å². The van der Waals surface area contributed by atoms with E-state index in [1.54, 1.807) is 6.07 Å². The number of hydrogen-bond donors (Lipinski definition) is 3. The normalized spacial score (nSPS) is 19.8. The zero-order valence-electron chi connectivity index (χ0n) is 16.0. The van der Waals surface area contributed by atoms with Gasteiger partial charge >= 0.3 is 5.97 Å². The Morgan fingerprint density at radius 3 is 2.79 bits per heavy atom. The fourth-order valence-corrected chi connectivity index (χ4v) is 5.84. The molecule has 154 valence electrons. The lowest BCUT2D eigenvalue weighted by Crippen LogP contribution is -2.22. The summed E-state index contributed by atoms with van der Waals surface area (Å²) in [5.41, 5.74) is 6.38. The second-order valence-corrected chi connectivity index (χ2v) is 9.72.